The van der Waals surface area contributed by atoms with Gasteiger partial charge in [-0.3, -0.25) is 0 Å². The first-order chi connectivity index (χ1) is 9.11. The van der Waals surface area contributed by atoms with Gasteiger partial charge < -0.3 is 4.74 Å². The van der Waals surface area contributed by atoms with Gasteiger partial charge in [-0.2, -0.15) is 0 Å². The standard InChI is InChI=1S/C15H13Br2FO/c1-19-15-7-6-11(16)9-12(15)13(17)8-10-4-2-3-5-14(10)18/h2-7,9,13H,8H2,1H3. The number of hydrogen-bond donors (Lipinski definition) is 0. The van der Waals surface area contributed by atoms with E-state index in [0.29, 0.717) is 12.0 Å². The maximum absolute atomic E-state index is 13.7. The molecule has 0 aliphatic rings. The number of methoxy groups -OCH3 is 1. The highest BCUT2D eigenvalue weighted by molar-refractivity contribution is 9.10. The quantitative estimate of drug-likeness (QED) is 0.649. The molecule has 2 aromatic rings. The Morgan fingerprint density at radius 3 is 2.63 bits per heavy atom. The van der Waals surface area contributed by atoms with E-state index >= 15 is 0 Å². The number of ether oxygens (including phenoxy) is 1. The molecule has 0 fully saturated rings. The van der Waals surface area contributed by atoms with Crippen molar-refractivity contribution in [3.05, 3.63) is 63.9 Å². The van der Waals surface area contributed by atoms with Crippen LogP contribution in [0.3, 0.4) is 0 Å². The van der Waals surface area contributed by atoms with Crippen LogP contribution in [0.1, 0.15) is 16.0 Å². The molecule has 2 aromatic carbocycles. The molecule has 100 valence electrons. The van der Waals surface area contributed by atoms with E-state index in [0.717, 1.165) is 15.8 Å². The van der Waals surface area contributed by atoms with Crippen LogP contribution in [0, 0.1) is 5.82 Å². The molecule has 2 rings (SSSR count). The van der Waals surface area contributed by atoms with E-state index in [2.05, 4.69) is 31.9 Å². The van der Waals surface area contributed by atoms with Gasteiger partial charge >= 0.3 is 0 Å². The third-order valence-corrected chi connectivity index (χ3v) is 4.20. The van der Waals surface area contributed by atoms with Crippen molar-refractivity contribution in [1.82, 2.24) is 0 Å². The lowest BCUT2D eigenvalue weighted by Gasteiger charge is -2.15. The highest BCUT2D eigenvalue weighted by atomic mass is 79.9. The molecule has 0 spiro atoms. The predicted molar refractivity (Wildman–Crippen MR) is 82.5 cm³/mol. The molecule has 0 saturated carbocycles. The maximum atomic E-state index is 13.7. The van der Waals surface area contributed by atoms with Crippen molar-refractivity contribution in [2.75, 3.05) is 7.11 Å². The lowest BCUT2D eigenvalue weighted by Crippen LogP contribution is -2.00. The van der Waals surface area contributed by atoms with Gasteiger partial charge in [0.25, 0.3) is 0 Å². The van der Waals surface area contributed by atoms with Crippen molar-refractivity contribution in [1.29, 1.82) is 0 Å². The Bertz CT molecular complexity index is 572. The van der Waals surface area contributed by atoms with Gasteiger partial charge in [-0.25, -0.2) is 4.39 Å². The highest BCUT2D eigenvalue weighted by Gasteiger charge is 2.15. The Morgan fingerprint density at radius 1 is 1.21 bits per heavy atom. The molecule has 0 aliphatic heterocycles. The van der Waals surface area contributed by atoms with Crippen LogP contribution < -0.4 is 4.74 Å². The molecule has 0 saturated heterocycles. The van der Waals surface area contributed by atoms with E-state index in [-0.39, 0.29) is 10.6 Å². The summed E-state index contributed by atoms with van der Waals surface area (Å²) >= 11 is 7.06. The van der Waals surface area contributed by atoms with E-state index in [9.17, 15) is 4.39 Å². The number of hydrogen-bond acceptors (Lipinski definition) is 1. The highest BCUT2D eigenvalue weighted by Crippen LogP contribution is 2.36. The van der Waals surface area contributed by atoms with Gasteiger partial charge in [0.05, 0.1) is 7.11 Å². The van der Waals surface area contributed by atoms with Gasteiger partial charge in [0.2, 0.25) is 0 Å². The molecular weight excluding hydrogens is 375 g/mol. The van der Waals surface area contributed by atoms with E-state index in [1.165, 1.54) is 6.07 Å². The van der Waals surface area contributed by atoms with Crippen LogP contribution in [0.4, 0.5) is 4.39 Å². The van der Waals surface area contributed by atoms with Gasteiger partial charge in [-0.05, 0) is 36.2 Å². The van der Waals surface area contributed by atoms with Crippen LogP contribution in [-0.4, -0.2) is 7.11 Å². The molecule has 0 radical (unpaired) electrons. The minimum Gasteiger partial charge on any atom is -0.496 e. The third-order valence-electron chi connectivity index (χ3n) is 2.89. The average Bonchev–Trinajstić information content (AvgIpc) is 2.41. The van der Waals surface area contributed by atoms with E-state index in [1.807, 2.05) is 24.3 Å². The second kappa shape index (κ2) is 6.53. The summed E-state index contributed by atoms with van der Waals surface area (Å²) in [6.45, 7) is 0. The molecule has 1 unspecified atom stereocenters. The Hall–Kier alpha value is -0.870. The van der Waals surface area contributed by atoms with E-state index in [4.69, 9.17) is 4.74 Å². The average molecular weight is 388 g/mol. The van der Waals surface area contributed by atoms with Gasteiger partial charge in [0.15, 0.2) is 0 Å². The summed E-state index contributed by atoms with van der Waals surface area (Å²) in [5, 5.41) is 0. The largest absolute Gasteiger partial charge is 0.496 e. The monoisotopic (exact) mass is 386 g/mol. The van der Waals surface area contributed by atoms with Crippen LogP contribution in [0.5, 0.6) is 5.75 Å². The second-order valence-corrected chi connectivity index (χ2v) is 6.17. The van der Waals surface area contributed by atoms with Crippen molar-refractivity contribution in [3.63, 3.8) is 0 Å². The summed E-state index contributed by atoms with van der Waals surface area (Å²) < 4.78 is 20.0. The SMILES string of the molecule is COc1ccc(Br)cc1C(Br)Cc1ccccc1F. The molecular formula is C15H13Br2FO. The summed E-state index contributed by atoms with van der Waals surface area (Å²) in [6.07, 6.45) is 0.569. The van der Waals surface area contributed by atoms with Crippen LogP contribution in [0.25, 0.3) is 0 Å². The van der Waals surface area contributed by atoms with E-state index in [1.54, 1.807) is 19.2 Å². The van der Waals surface area contributed by atoms with Gasteiger partial charge in [0, 0.05) is 14.9 Å². The minimum absolute atomic E-state index is 0.00292. The van der Waals surface area contributed by atoms with E-state index < -0.39 is 0 Å². The Kier molecular flexibility index (Phi) is 4.99. The summed E-state index contributed by atoms with van der Waals surface area (Å²) in [5.74, 6) is 0.613. The number of rotatable bonds is 4. The van der Waals surface area contributed by atoms with Crippen LogP contribution in [-0.2, 0) is 6.42 Å². The van der Waals surface area contributed by atoms with Crippen molar-refractivity contribution in [2.45, 2.75) is 11.2 Å². The first-order valence-electron chi connectivity index (χ1n) is 5.82. The first kappa shape index (κ1) is 14.5. The normalized spacial score (nSPS) is 12.2. The third kappa shape index (κ3) is 3.57. The maximum Gasteiger partial charge on any atom is 0.126 e. The Balaban J connectivity index is 2.27. The molecule has 19 heavy (non-hydrogen) atoms. The summed E-state index contributed by atoms with van der Waals surface area (Å²) in [4.78, 5) is -0.00292. The second-order valence-electron chi connectivity index (χ2n) is 4.15. The lowest BCUT2D eigenvalue weighted by molar-refractivity contribution is 0.409. The predicted octanol–water partition coefficient (Wildman–Crippen LogP) is 5.28. The number of halogens is 3. The minimum atomic E-state index is -0.180. The van der Waals surface area contributed by atoms with Crippen molar-refractivity contribution >= 4 is 31.9 Å². The zero-order valence-electron chi connectivity index (χ0n) is 10.4. The topological polar surface area (TPSA) is 9.23 Å². The van der Waals surface area contributed by atoms with Crippen LogP contribution >= 0.6 is 31.9 Å². The molecule has 0 heterocycles. The molecule has 1 atom stereocenters. The fourth-order valence-electron chi connectivity index (χ4n) is 1.92. The fraction of sp³-hybridized carbons (Fsp3) is 0.200. The zero-order chi connectivity index (χ0) is 13.8. The van der Waals surface area contributed by atoms with Gasteiger partial charge in [-0.15, -0.1) is 0 Å². The molecule has 0 amide bonds. The molecule has 0 bridgehead atoms. The van der Waals surface area contributed by atoms with Crippen molar-refractivity contribution in [3.8, 4) is 5.75 Å². The van der Waals surface area contributed by atoms with Crippen LogP contribution in [0.2, 0.25) is 0 Å². The lowest BCUT2D eigenvalue weighted by atomic mass is 10.0. The zero-order valence-corrected chi connectivity index (χ0v) is 13.5. The summed E-state index contributed by atoms with van der Waals surface area (Å²) in [7, 11) is 1.63. The van der Waals surface area contributed by atoms with Crippen LogP contribution in [0.15, 0.2) is 46.9 Å². The number of alkyl halides is 1. The summed E-state index contributed by atoms with van der Waals surface area (Å²) in [5.41, 5.74) is 1.69. The molecule has 1 nitrogen and oxygen atoms in total. The smallest absolute Gasteiger partial charge is 0.126 e. The van der Waals surface area contributed by atoms with Crippen molar-refractivity contribution in [2.24, 2.45) is 0 Å². The van der Waals surface area contributed by atoms with Gasteiger partial charge in [0.1, 0.15) is 11.6 Å². The first-order valence-corrected chi connectivity index (χ1v) is 7.53. The number of benzene rings is 2. The summed E-state index contributed by atoms with van der Waals surface area (Å²) in [6, 6.07) is 12.6. The molecule has 4 heteroatoms. The molecule has 0 aromatic heterocycles. The Morgan fingerprint density at radius 2 is 1.95 bits per heavy atom. The van der Waals surface area contributed by atoms with Crippen molar-refractivity contribution < 1.29 is 9.13 Å². The molecule has 0 aliphatic carbocycles. The van der Waals surface area contributed by atoms with Gasteiger partial charge in [-0.1, -0.05) is 50.1 Å². The molecule has 0 N–H and O–H groups in total. The Labute approximate surface area is 129 Å². The fourth-order valence-corrected chi connectivity index (χ4v) is 3.00.